The molecule has 0 aliphatic rings. The summed E-state index contributed by atoms with van der Waals surface area (Å²) in [5.74, 6) is 2.06. The van der Waals surface area contributed by atoms with Gasteiger partial charge in [-0.15, -0.1) is 35.3 Å². The predicted molar refractivity (Wildman–Crippen MR) is 124 cm³/mol. The van der Waals surface area contributed by atoms with E-state index in [4.69, 9.17) is 14.5 Å². The Morgan fingerprint density at radius 2 is 1.89 bits per heavy atom. The largest absolute Gasteiger partial charge is 0.493 e. The van der Waals surface area contributed by atoms with Crippen molar-refractivity contribution < 1.29 is 9.47 Å². The van der Waals surface area contributed by atoms with E-state index in [1.54, 1.807) is 25.6 Å². The molecule has 1 aromatic carbocycles. The Hall–Kier alpha value is -1.55. The van der Waals surface area contributed by atoms with Crippen LogP contribution in [0.3, 0.4) is 0 Å². The van der Waals surface area contributed by atoms with Crippen molar-refractivity contribution in [3.8, 4) is 11.5 Å². The molecule has 0 saturated heterocycles. The maximum absolute atomic E-state index is 5.35. The van der Waals surface area contributed by atoms with Crippen LogP contribution in [-0.2, 0) is 12.0 Å². The van der Waals surface area contributed by atoms with Gasteiger partial charge >= 0.3 is 0 Å². The molecule has 2 rings (SSSR count). The molecule has 27 heavy (non-hydrogen) atoms. The highest BCUT2D eigenvalue weighted by Gasteiger charge is 2.17. The molecule has 0 unspecified atom stereocenters. The number of halogens is 1. The Morgan fingerprint density at radius 3 is 2.44 bits per heavy atom. The Bertz CT molecular complexity index is 756. The number of hydrogen-bond acceptors (Lipinski definition) is 5. The summed E-state index contributed by atoms with van der Waals surface area (Å²) in [6.07, 6.45) is 0. The first kappa shape index (κ1) is 23.5. The number of rotatable bonds is 6. The fraction of sp³-hybridized carbons (Fsp3) is 0.474. The lowest BCUT2D eigenvalue weighted by Crippen LogP contribution is -2.30. The van der Waals surface area contributed by atoms with Crippen molar-refractivity contribution in [2.75, 3.05) is 26.1 Å². The smallest absolute Gasteiger partial charge is 0.196 e. The van der Waals surface area contributed by atoms with Crippen molar-refractivity contribution in [2.45, 2.75) is 39.7 Å². The zero-order valence-corrected chi connectivity index (χ0v) is 19.9. The molecule has 2 aromatic rings. The van der Waals surface area contributed by atoms with Crippen LogP contribution in [0.4, 0.5) is 5.69 Å². The molecule has 6 nitrogen and oxygen atoms in total. The summed E-state index contributed by atoms with van der Waals surface area (Å²) in [5.41, 5.74) is 2.03. The first-order chi connectivity index (χ1) is 12.4. The summed E-state index contributed by atoms with van der Waals surface area (Å²) >= 11 is 1.64. The van der Waals surface area contributed by atoms with E-state index in [1.807, 2.05) is 25.1 Å². The van der Waals surface area contributed by atoms with Crippen LogP contribution in [0.15, 0.2) is 28.6 Å². The normalized spacial score (nSPS) is 11.6. The van der Waals surface area contributed by atoms with Crippen molar-refractivity contribution in [1.29, 1.82) is 0 Å². The molecule has 0 saturated carbocycles. The van der Waals surface area contributed by atoms with Gasteiger partial charge in [0.15, 0.2) is 17.5 Å². The lowest BCUT2D eigenvalue weighted by Gasteiger charge is -2.14. The van der Waals surface area contributed by atoms with Crippen LogP contribution >= 0.6 is 35.3 Å². The molecule has 0 aliphatic heterocycles. The third kappa shape index (κ3) is 6.84. The van der Waals surface area contributed by atoms with Crippen molar-refractivity contribution >= 4 is 47.0 Å². The highest BCUT2D eigenvalue weighted by molar-refractivity contribution is 14.0. The number of aromatic nitrogens is 1. The topological polar surface area (TPSA) is 67.8 Å². The van der Waals surface area contributed by atoms with E-state index < -0.39 is 0 Å². The second-order valence-electron chi connectivity index (χ2n) is 6.77. The van der Waals surface area contributed by atoms with Gasteiger partial charge < -0.3 is 20.1 Å². The molecule has 0 atom stereocenters. The van der Waals surface area contributed by atoms with Gasteiger partial charge in [0.05, 0.1) is 26.5 Å². The average molecular weight is 504 g/mol. The van der Waals surface area contributed by atoms with Gasteiger partial charge in [-0.25, -0.2) is 9.98 Å². The second kappa shape index (κ2) is 10.7. The molecule has 0 fully saturated rings. The molecule has 0 bridgehead atoms. The second-order valence-corrected chi connectivity index (χ2v) is 7.71. The number of aliphatic imine (C=N–C) groups is 1. The SMILES string of the molecule is CCNC(=NCc1nc(C(C)(C)C)cs1)Nc1ccc(OC)c(OC)c1.I. The van der Waals surface area contributed by atoms with Gasteiger partial charge in [-0.05, 0) is 19.1 Å². The number of nitrogens with one attached hydrogen (secondary N) is 2. The zero-order chi connectivity index (χ0) is 19.2. The summed E-state index contributed by atoms with van der Waals surface area (Å²) in [7, 11) is 3.24. The number of guanidine groups is 1. The van der Waals surface area contributed by atoms with Gasteiger partial charge in [0.1, 0.15) is 5.01 Å². The van der Waals surface area contributed by atoms with E-state index in [1.165, 1.54) is 0 Å². The van der Waals surface area contributed by atoms with Gasteiger partial charge in [-0.2, -0.15) is 0 Å². The molecule has 0 amide bonds. The summed E-state index contributed by atoms with van der Waals surface area (Å²) in [4.78, 5) is 9.33. The van der Waals surface area contributed by atoms with Crippen LogP contribution in [0.2, 0.25) is 0 Å². The van der Waals surface area contributed by atoms with Crippen molar-refractivity contribution in [3.05, 3.63) is 34.3 Å². The Labute approximate surface area is 182 Å². The number of nitrogens with zero attached hydrogens (tertiary/aromatic N) is 2. The molecule has 0 aliphatic carbocycles. The van der Waals surface area contributed by atoms with Crippen LogP contribution in [0.25, 0.3) is 0 Å². The highest BCUT2D eigenvalue weighted by atomic mass is 127. The lowest BCUT2D eigenvalue weighted by atomic mass is 9.93. The van der Waals surface area contributed by atoms with Gasteiger partial charge in [-0.3, -0.25) is 0 Å². The van der Waals surface area contributed by atoms with Gasteiger partial charge in [-0.1, -0.05) is 20.8 Å². The number of thiazole rings is 1. The third-order valence-corrected chi connectivity index (χ3v) is 4.52. The standard InChI is InChI=1S/C19H28N4O2S.HI/c1-7-20-18(21-11-17-23-16(12-26-17)19(2,3)4)22-13-8-9-14(24-5)15(10-13)25-6;/h8-10,12H,7,11H2,1-6H3,(H2,20,21,22);1H. The third-order valence-electron chi connectivity index (χ3n) is 3.68. The summed E-state index contributed by atoms with van der Waals surface area (Å²) in [6, 6.07) is 5.67. The molecule has 1 aromatic heterocycles. The van der Waals surface area contributed by atoms with Crippen LogP contribution in [0, 0.1) is 0 Å². The molecule has 0 radical (unpaired) electrons. The molecule has 1 heterocycles. The number of anilines is 1. The molecule has 8 heteroatoms. The Balaban J connectivity index is 0.00000364. The highest BCUT2D eigenvalue weighted by Crippen LogP contribution is 2.29. The fourth-order valence-corrected chi connectivity index (χ4v) is 3.18. The Kier molecular flexibility index (Phi) is 9.31. The Morgan fingerprint density at radius 1 is 1.19 bits per heavy atom. The van der Waals surface area contributed by atoms with Crippen molar-refractivity contribution in [1.82, 2.24) is 10.3 Å². The zero-order valence-electron chi connectivity index (χ0n) is 16.8. The van der Waals surface area contributed by atoms with Gasteiger partial charge in [0, 0.05) is 29.1 Å². The fourth-order valence-electron chi connectivity index (χ4n) is 2.23. The monoisotopic (exact) mass is 504 g/mol. The predicted octanol–water partition coefficient (Wildman–Crippen LogP) is 4.65. The maximum atomic E-state index is 5.35. The maximum Gasteiger partial charge on any atom is 0.196 e. The van der Waals surface area contributed by atoms with Crippen LogP contribution < -0.4 is 20.1 Å². The number of hydrogen-bond donors (Lipinski definition) is 2. The first-order valence-corrected chi connectivity index (χ1v) is 9.47. The minimum Gasteiger partial charge on any atom is -0.493 e. The molecule has 2 N–H and O–H groups in total. The number of ether oxygens (including phenoxy) is 2. The van der Waals surface area contributed by atoms with E-state index in [0.29, 0.717) is 24.0 Å². The lowest BCUT2D eigenvalue weighted by molar-refractivity contribution is 0.355. The minimum absolute atomic E-state index is 0. The van der Waals surface area contributed by atoms with Crippen molar-refractivity contribution in [2.24, 2.45) is 4.99 Å². The molecular formula is C19H29IN4O2S. The number of benzene rings is 1. The van der Waals surface area contributed by atoms with Gasteiger partial charge in [0.25, 0.3) is 0 Å². The van der Waals surface area contributed by atoms with Crippen LogP contribution in [0.5, 0.6) is 11.5 Å². The van der Waals surface area contributed by atoms with Crippen molar-refractivity contribution in [3.63, 3.8) is 0 Å². The summed E-state index contributed by atoms with van der Waals surface area (Å²) in [6.45, 7) is 9.83. The van der Waals surface area contributed by atoms with E-state index in [9.17, 15) is 0 Å². The average Bonchev–Trinajstić information content (AvgIpc) is 3.09. The van der Waals surface area contributed by atoms with Gasteiger partial charge in [0.2, 0.25) is 0 Å². The van der Waals surface area contributed by atoms with Crippen LogP contribution in [-0.4, -0.2) is 31.7 Å². The van der Waals surface area contributed by atoms with E-state index in [-0.39, 0.29) is 29.4 Å². The number of methoxy groups -OCH3 is 2. The first-order valence-electron chi connectivity index (χ1n) is 8.59. The molecular weight excluding hydrogens is 475 g/mol. The molecule has 0 spiro atoms. The van der Waals surface area contributed by atoms with E-state index in [2.05, 4.69) is 41.8 Å². The van der Waals surface area contributed by atoms with E-state index in [0.717, 1.165) is 22.9 Å². The summed E-state index contributed by atoms with van der Waals surface area (Å²) < 4.78 is 10.6. The summed E-state index contributed by atoms with van der Waals surface area (Å²) in [5, 5.41) is 9.65. The van der Waals surface area contributed by atoms with E-state index >= 15 is 0 Å². The minimum atomic E-state index is 0. The van der Waals surface area contributed by atoms with Crippen LogP contribution in [0.1, 0.15) is 38.4 Å². The molecule has 150 valence electrons. The quantitative estimate of drug-likeness (QED) is 0.341.